The van der Waals surface area contributed by atoms with Crippen LogP contribution in [0.2, 0.25) is 10.2 Å². The molecule has 0 amide bonds. The summed E-state index contributed by atoms with van der Waals surface area (Å²) in [5.74, 6) is 1.48. The van der Waals surface area contributed by atoms with E-state index in [9.17, 15) is 0 Å². The van der Waals surface area contributed by atoms with Crippen LogP contribution in [0.15, 0.2) is 17.4 Å². The van der Waals surface area contributed by atoms with Crippen molar-refractivity contribution in [3.63, 3.8) is 0 Å². The summed E-state index contributed by atoms with van der Waals surface area (Å²) < 4.78 is 3.53. The summed E-state index contributed by atoms with van der Waals surface area (Å²) >= 11 is 12.0. The van der Waals surface area contributed by atoms with Crippen LogP contribution in [0.25, 0.3) is 0 Å². The number of nitrogens with zero attached hydrogens (tertiary/aromatic N) is 5. The molecule has 0 aromatic carbocycles. The molecule has 0 spiro atoms. The van der Waals surface area contributed by atoms with Gasteiger partial charge in [0.2, 0.25) is 0 Å². The van der Waals surface area contributed by atoms with E-state index < -0.39 is 0 Å². The second-order valence-electron chi connectivity index (χ2n) is 4.41. The van der Waals surface area contributed by atoms with Gasteiger partial charge in [0, 0.05) is 26.8 Å². The van der Waals surface area contributed by atoms with Crippen LogP contribution >= 0.6 is 23.2 Å². The van der Waals surface area contributed by atoms with E-state index in [1.165, 1.54) is 6.33 Å². The van der Waals surface area contributed by atoms with Crippen LogP contribution in [-0.2, 0) is 27.2 Å². The van der Waals surface area contributed by atoms with Gasteiger partial charge in [-0.05, 0) is 6.07 Å². The van der Waals surface area contributed by atoms with E-state index in [4.69, 9.17) is 23.2 Å². The van der Waals surface area contributed by atoms with E-state index in [-0.39, 0.29) is 0 Å². The monoisotopic (exact) mass is 329 g/mol. The molecule has 0 saturated carbocycles. The number of aromatic nitrogens is 4. The van der Waals surface area contributed by atoms with Gasteiger partial charge in [-0.1, -0.05) is 23.2 Å². The number of aliphatic imine (C=N–C) groups is 1. The Kier molecular flexibility index (Phi) is 5.08. The summed E-state index contributed by atoms with van der Waals surface area (Å²) in [5.41, 5.74) is 0.964. The molecule has 2 aromatic rings. The zero-order chi connectivity index (χ0) is 15.4. The molecule has 2 aromatic heterocycles. The van der Waals surface area contributed by atoms with E-state index in [2.05, 4.69) is 25.7 Å². The third-order valence-electron chi connectivity index (χ3n) is 3.10. The largest absolute Gasteiger partial charge is 0.351 e. The normalized spacial score (nSPS) is 11.8. The molecule has 0 unspecified atom stereocenters. The fraction of sp³-hybridized carbons (Fsp3) is 0.417. The molecule has 2 heterocycles. The lowest BCUT2D eigenvalue weighted by Crippen LogP contribution is -2.37. The number of aryl methyl sites for hydroxylation is 1. The van der Waals surface area contributed by atoms with Gasteiger partial charge in [-0.3, -0.25) is 9.67 Å². The van der Waals surface area contributed by atoms with Gasteiger partial charge in [-0.2, -0.15) is 5.10 Å². The van der Waals surface area contributed by atoms with Crippen molar-refractivity contribution in [2.45, 2.75) is 13.1 Å². The van der Waals surface area contributed by atoms with Crippen LogP contribution in [0.3, 0.4) is 0 Å². The minimum atomic E-state index is 0.524. The lowest BCUT2D eigenvalue weighted by molar-refractivity contribution is 0.669. The maximum Gasteiger partial charge on any atom is 0.191 e. The van der Waals surface area contributed by atoms with E-state index in [1.807, 2.05) is 24.7 Å². The van der Waals surface area contributed by atoms with Gasteiger partial charge < -0.3 is 15.2 Å². The summed E-state index contributed by atoms with van der Waals surface area (Å²) in [5, 5.41) is 11.4. The Morgan fingerprint density at radius 3 is 2.52 bits per heavy atom. The second-order valence-corrected chi connectivity index (χ2v) is 5.18. The van der Waals surface area contributed by atoms with Crippen LogP contribution in [0.4, 0.5) is 0 Å². The van der Waals surface area contributed by atoms with Crippen molar-refractivity contribution in [3.8, 4) is 0 Å². The second kappa shape index (κ2) is 6.82. The molecule has 0 fully saturated rings. The van der Waals surface area contributed by atoms with E-state index in [1.54, 1.807) is 11.7 Å². The molecule has 0 aliphatic heterocycles. The molecule has 7 nitrogen and oxygen atoms in total. The van der Waals surface area contributed by atoms with Gasteiger partial charge in [0.1, 0.15) is 17.3 Å². The third kappa shape index (κ3) is 3.68. The number of guanidine groups is 1. The summed E-state index contributed by atoms with van der Waals surface area (Å²) in [6.45, 7) is 1.09. The highest BCUT2D eigenvalue weighted by Gasteiger charge is 2.09. The minimum absolute atomic E-state index is 0.524. The summed E-state index contributed by atoms with van der Waals surface area (Å²) in [7, 11) is 5.41. The zero-order valence-electron chi connectivity index (χ0n) is 12.1. The number of rotatable bonds is 4. The predicted molar refractivity (Wildman–Crippen MR) is 83.5 cm³/mol. The topological polar surface area (TPSA) is 72.1 Å². The first-order valence-corrected chi connectivity index (χ1v) is 7.05. The SMILES string of the molecule is CN=C(NCc1ncnn1C)NCc1cc(Cl)c(Cl)n1C. The van der Waals surface area contributed by atoms with Gasteiger partial charge in [-0.15, -0.1) is 0 Å². The maximum atomic E-state index is 6.03. The smallest absolute Gasteiger partial charge is 0.191 e. The Balaban J connectivity index is 1.91. The molecule has 9 heteroatoms. The number of hydrogen-bond donors (Lipinski definition) is 2. The molecule has 2 N–H and O–H groups in total. The van der Waals surface area contributed by atoms with Gasteiger partial charge >= 0.3 is 0 Å². The van der Waals surface area contributed by atoms with E-state index in [0.29, 0.717) is 29.2 Å². The first-order valence-electron chi connectivity index (χ1n) is 6.30. The standard InChI is InChI=1S/C12H17Cl2N7/c1-15-12(17-6-10-18-7-19-21(10)3)16-5-8-4-9(13)11(14)20(8)2/h4,7H,5-6H2,1-3H3,(H2,15,16,17). The van der Waals surface area contributed by atoms with Crippen LogP contribution in [0.1, 0.15) is 11.5 Å². The summed E-state index contributed by atoms with van der Waals surface area (Å²) in [6.07, 6.45) is 1.52. The van der Waals surface area contributed by atoms with Crippen molar-refractivity contribution in [1.29, 1.82) is 0 Å². The molecule has 0 atom stereocenters. The molecule has 0 aliphatic rings. The molecule has 114 valence electrons. The Bertz CT molecular complexity index is 644. The fourth-order valence-corrected chi connectivity index (χ4v) is 2.21. The molecule has 0 saturated heterocycles. The quantitative estimate of drug-likeness (QED) is 0.655. The maximum absolute atomic E-state index is 6.03. The summed E-state index contributed by atoms with van der Waals surface area (Å²) in [4.78, 5) is 8.29. The molecular weight excluding hydrogens is 313 g/mol. The highest BCUT2D eigenvalue weighted by molar-refractivity contribution is 6.41. The van der Waals surface area contributed by atoms with E-state index in [0.717, 1.165) is 11.5 Å². The van der Waals surface area contributed by atoms with Gasteiger partial charge in [0.15, 0.2) is 5.96 Å². The molecule has 0 radical (unpaired) electrons. The van der Waals surface area contributed by atoms with E-state index >= 15 is 0 Å². The van der Waals surface area contributed by atoms with Crippen molar-refractivity contribution >= 4 is 29.2 Å². The average Bonchev–Trinajstić information content (AvgIpc) is 2.98. The van der Waals surface area contributed by atoms with Crippen molar-refractivity contribution in [2.75, 3.05) is 7.05 Å². The lowest BCUT2D eigenvalue weighted by Gasteiger charge is -2.12. The first-order chi connectivity index (χ1) is 10.0. The Labute approximate surface area is 133 Å². The number of hydrogen-bond acceptors (Lipinski definition) is 3. The van der Waals surface area contributed by atoms with Gasteiger partial charge in [-0.25, -0.2) is 4.98 Å². The molecule has 0 bridgehead atoms. The summed E-state index contributed by atoms with van der Waals surface area (Å²) in [6, 6.07) is 1.83. The van der Waals surface area contributed by atoms with Crippen molar-refractivity contribution in [1.82, 2.24) is 30.0 Å². The highest BCUT2D eigenvalue weighted by atomic mass is 35.5. The van der Waals surface area contributed by atoms with Crippen LogP contribution in [0, 0.1) is 0 Å². The Morgan fingerprint density at radius 1 is 1.29 bits per heavy atom. The molecule has 21 heavy (non-hydrogen) atoms. The Morgan fingerprint density at radius 2 is 2.00 bits per heavy atom. The first kappa shape index (κ1) is 15.7. The van der Waals surface area contributed by atoms with Crippen LogP contribution in [0.5, 0.6) is 0 Å². The fourth-order valence-electron chi connectivity index (χ4n) is 1.80. The molecule has 0 aliphatic carbocycles. The average molecular weight is 330 g/mol. The lowest BCUT2D eigenvalue weighted by atomic mass is 10.4. The third-order valence-corrected chi connectivity index (χ3v) is 3.94. The minimum Gasteiger partial charge on any atom is -0.351 e. The van der Waals surface area contributed by atoms with Gasteiger partial charge in [0.25, 0.3) is 0 Å². The van der Waals surface area contributed by atoms with Crippen molar-refractivity contribution in [2.24, 2.45) is 19.1 Å². The number of nitrogens with one attached hydrogen (secondary N) is 2. The Hall–Kier alpha value is -1.73. The van der Waals surface area contributed by atoms with Crippen LogP contribution in [-0.4, -0.2) is 32.3 Å². The van der Waals surface area contributed by atoms with Crippen molar-refractivity contribution in [3.05, 3.63) is 34.1 Å². The molecular formula is C12H17Cl2N7. The highest BCUT2D eigenvalue weighted by Crippen LogP contribution is 2.24. The van der Waals surface area contributed by atoms with Crippen LogP contribution < -0.4 is 10.6 Å². The number of halogens is 2. The zero-order valence-corrected chi connectivity index (χ0v) is 13.6. The van der Waals surface area contributed by atoms with Gasteiger partial charge in [0.05, 0.1) is 18.1 Å². The predicted octanol–water partition coefficient (Wildman–Crippen LogP) is 1.33. The molecule has 2 rings (SSSR count). The van der Waals surface area contributed by atoms with Crippen molar-refractivity contribution < 1.29 is 0 Å².